The Morgan fingerprint density at radius 3 is 2.93 bits per heavy atom. The fraction of sp³-hybridized carbons (Fsp3) is 0.250. The third-order valence-electron chi connectivity index (χ3n) is 4.19. The molecule has 9 heteroatoms. The smallest absolute Gasteiger partial charge is 0.417 e. The Hall–Kier alpha value is -2.80. The van der Waals surface area contributed by atoms with Crippen LogP contribution in [0.4, 0.5) is 9.18 Å². The van der Waals surface area contributed by atoms with E-state index in [1.807, 2.05) is 0 Å². The van der Waals surface area contributed by atoms with Gasteiger partial charge in [0.1, 0.15) is 22.7 Å². The number of methoxy groups -OCH3 is 1. The number of fused-ring (bicyclic) bond motifs is 1. The highest BCUT2D eigenvalue weighted by Crippen LogP contribution is 2.26. The van der Waals surface area contributed by atoms with E-state index in [2.05, 4.69) is 37.7 Å². The van der Waals surface area contributed by atoms with E-state index in [1.54, 1.807) is 19.1 Å². The molecule has 0 radical (unpaired) electrons. The fourth-order valence-corrected chi connectivity index (χ4v) is 3.05. The molecule has 0 spiro atoms. The Kier molecular flexibility index (Phi) is 6.27. The highest BCUT2D eigenvalue weighted by Gasteiger charge is 2.26. The Bertz CT molecular complexity index is 1120. The number of aromatic nitrogens is 3. The summed E-state index contributed by atoms with van der Waals surface area (Å²) in [5.41, 5.74) is 0.673. The molecule has 0 fully saturated rings. The van der Waals surface area contributed by atoms with Gasteiger partial charge >= 0.3 is 6.09 Å². The highest BCUT2D eigenvalue weighted by atomic mass is 79.9. The fourth-order valence-electron chi connectivity index (χ4n) is 2.77. The average molecular weight is 462 g/mol. The molecule has 150 valence electrons. The molecule has 0 aliphatic rings. The lowest BCUT2D eigenvalue weighted by atomic mass is 9.96. The van der Waals surface area contributed by atoms with Crippen LogP contribution in [0, 0.1) is 17.7 Å². The van der Waals surface area contributed by atoms with Crippen LogP contribution in [-0.2, 0) is 21.5 Å². The van der Waals surface area contributed by atoms with Crippen LogP contribution < -0.4 is 0 Å². The number of nitrogens with zero attached hydrogens (tertiary/aromatic N) is 3. The van der Waals surface area contributed by atoms with Crippen LogP contribution in [0.3, 0.4) is 0 Å². The molecule has 2 heterocycles. The van der Waals surface area contributed by atoms with Gasteiger partial charge in [-0.1, -0.05) is 24.0 Å². The zero-order valence-electron chi connectivity index (χ0n) is 15.6. The van der Waals surface area contributed by atoms with E-state index in [9.17, 15) is 14.3 Å². The van der Waals surface area contributed by atoms with Crippen molar-refractivity contribution in [2.75, 3.05) is 13.9 Å². The number of hydrogen-bond acceptors (Lipinski definition) is 5. The number of carbonyl (C=O) groups is 1. The molecule has 3 aromatic rings. The molecule has 0 saturated carbocycles. The molecule has 0 aliphatic heterocycles. The van der Waals surface area contributed by atoms with Crippen molar-refractivity contribution in [3.63, 3.8) is 0 Å². The molecule has 1 unspecified atom stereocenters. The predicted molar refractivity (Wildman–Crippen MR) is 107 cm³/mol. The molecular formula is C20H17BrFN3O4. The van der Waals surface area contributed by atoms with Crippen molar-refractivity contribution in [1.29, 1.82) is 0 Å². The van der Waals surface area contributed by atoms with Gasteiger partial charge in [0.2, 0.25) is 0 Å². The molecule has 1 atom stereocenters. The summed E-state index contributed by atoms with van der Waals surface area (Å²) in [4.78, 5) is 19.9. The second-order valence-electron chi connectivity index (χ2n) is 6.24. The van der Waals surface area contributed by atoms with E-state index in [0.717, 1.165) is 4.57 Å². The van der Waals surface area contributed by atoms with Crippen molar-refractivity contribution >= 4 is 33.2 Å². The second-order valence-corrected chi connectivity index (χ2v) is 7.06. The van der Waals surface area contributed by atoms with Gasteiger partial charge in [-0.15, -0.1) is 0 Å². The van der Waals surface area contributed by atoms with Gasteiger partial charge in [0.05, 0.1) is 6.20 Å². The molecule has 1 N–H and O–H groups in total. The predicted octanol–water partition coefficient (Wildman–Crippen LogP) is 3.94. The molecule has 0 saturated heterocycles. The Balaban J connectivity index is 1.97. The summed E-state index contributed by atoms with van der Waals surface area (Å²) in [6, 6.07) is 5.98. The molecule has 0 bridgehead atoms. The minimum atomic E-state index is -1.17. The molecule has 1 aromatic carbocycles. The quantitative estimate of drug-likeness (QED) is 0.457. The molecule has 29 heavy (non-hydrogen) atoms. The summed E-state index contributed by atoms with van der Waals surface area (Å²) < 4.78 is 25.9. The lowest BCUT2D eigenvalue weighted by Gasteiger charge is -2.24. The molecular weight excluding hydrogens is 445 g/mol. The molecule has 2 aromatic heterocycles. The first kappa shape index (κ1) is 20.9. The van der Waals surface area contributed by atoms with Crippen LogP contribution in [0.15, 0.2) is 41.3 Å². The second kappa shape index (κ2) is 8.69. The van der Waals surface area contributed by atoms with E-state index >= 15 is 0 Å². The van der Waals surface area contributed by atoms with Crippen molar-refractivity contribution in [2.24, 2.45) is 0 Å². The summed E-state index contributed by atoms with van der Waals surface area (Å²) in [6.45, 7) is 1.68. The molecule has 7 nitrogen and oxygen atoms in total. The summed E-state index contributed by atoms with van der Waals surface area (Å²) in [6.07, 6.45) is 1.89. The van der Waals surface area contributed by atoms with Gasteiger partial charge < -0.3 is 14.6 Å². The van der Waals surface area contributed by atoms with Gasteiger partial charge in [-0.25, -0.2) is 23.7 Å². The zero-order chi connectivity index (χ0) is 21.0. The third-order valence-corrected chi connectivity index (χ3v) is 4.58. The van der Waals surface area contributed by atoms with Crippen molar-refractivity contribution in [3.05, 3.63) is 58.2 Å². The minimum absolute atomic E-state index is 0.0293. The van der Waals surface area contributed by atoms with Crippen LogP contribution in [0.1, 0.15) is 18.1 Å². The van der Waals surface area contributed by atoms with Crippen LogP contribution in [0.25, 0.3) is 11.2 Å². The number of carboxylic acid groups (broad SMARTS) is 1. The lowest BCUT2D eigenvalue weighted by Crippen LogP contribution is -2.25. The van der Waals surface area contributed by atoms with E-state index < -0.39 is 17.5 Å². The number of ether oxygens (including phenoxy) is 2. The van der Waals surface area contributed by atoms with Crippen molar-refractivity contribution < 1.29 is 23.8 Å². The Morgan fingerprint density at radius 1 is 1.45 bits per heavy atom. The van der Waals surface area contributed by atoms with Crippen LogP contribution >= 0.6 is 15.9 Å². The van der Waals surface area contributed by atoms with Crippen molar-refractivity contribution in [3.8, 4) is 11.8 Å². The zero-order valence-corrected chi connectivity index (χ0v) is 17.2. The highest BCUT2D eigenvalue weighted by molar-refractivity contribution is 9.10. The van der Waals surface area contributed by atoms with Gasteiger partial charge in [0.15, 0.2) is 11.2 Å². The van der Waals surface area contributed by atoms with Gasteiger partial charge in [0.25, 0.3) is 0 Å². The SMILES string of the molecule is COCOC(C)(C#CCc1cn(C(=O)O)c2ncc(Br)nc12)c1cccc(F)c1. The van der Waals surface area contributed by atoms with E-state index in [4.69, 9.17) is 9.47 Å². The Morgan fingerprint density at radius 2 is 2.24 bits per heavy atom. The van der Waals surface area contributed by atoms with Gasteiger partial charge in [-0.2, -0.15) is 0 Å². The Labute approximate surface area is 174 Å². The first-order chi connectivity index (χ1) is 13.8. The van der Waals surface area contributed by atoms with E-state index in [1.165, 1.54) is 31.6 Å². The van der Waals surface area contributed by atoms with Crippen molar-refractivity contribution in [2.45, 2.75) is 18.9 Å². The largest absolute Gasteiger partial charge is 0.464 e. The average Bonchev–Trinajstić information content (AvgIpc) is 3.04. The maximum atomic E-state index is 13.7. The van der Waals surface area contributed by atoms with Crippen LogP contribution in [0.2, 0.25) is 0 Å². The third kappa shape index (κ3) is 4.62. The van der Waals surface area contributed by atoms with Gasteiger partial charge in [-0.05, 0) is 40.5 Å². The number of rotatable bonds is 5. The molecule has 0 amide bonds. The maximum absolute atomic E-state index is 13.7. The van der Waals surface area contributed by atoms with Gasteiger partial charge in [-0.3, -0.25) is 0 Å². The summed E-state index contributed by atoms with van der Waals surface area (Å²) >= 11 is 3.24. The maximum Gasteiger partial charge on any atom is 0.417 e. The van der Waals surface area contributed by atoms with Crippen LogP contribution in [-0.4, -0.2) is 39.6 Å². The van der Waals surface area contributed by atoms with Gasteiger partial charge in [0, 0.05) is 25.3 Å². The normalized spacial score (nSPS) is 13.0. The number of benzene rings is 1. The van der Waals surface area contributed by atoms with E-state index in [0.29, 0.717) is 21.2 Å². The first-order valence-electron chi connectivity index (χ1n) is 8.49. The number of hydrogen-bond donors (Lipinski definition) is 1. The minimum Gasteiger partial charge on any atom is -0.464 e. The lowest BCUT2D eigenvalue weighted by molar-refractivity contribution is -0.0991. The summed E-state index contributed by atoms with van der Waals surface area (Å²) in [7, 11) is 1.48. The molecule has 0 aliphatic carbocycles. The number of halogens is 2. The van der Waals surface area contributed by atoms with Crippen molar-refractivity contribution in [1.82, 2.24) is 14.5 Å². The summed E-state index contributed by atoms with van der Waals surface area (Å²) in [5, 5.41) is 9.37. The summed E-state index contributed by atoms with van der Waals surface area (Å²) in [5.74, 6) is 5.59. The molecule has 3 rings (SSSR count). The first-order valence-corrected chi connectivity index (χ1v) is 9.28. The topological polar surface area (TPSA) is 86.5 Å². The van der Waals surface area contributed by atoms with E-state index in [-0.39, 0.29) is 18.9 Å². The monoisotopic (exact) mass is 461 g/mol. The standard InChI is InChI=1S/C20H17BrFN3O4/c1-20(29-12-28-2,14-6-3-7-15(22)9-14)8-4-5-13-11-25(19(26)27)18-17(13)24-16(21)10-23-18/h3,6-7,9-11H,5,12H2,1-2H3,(H,26,27). The van der Waals surface area contributed by atoms with Crippen LogP contribution in [0.5, 0.6) is 0 Å².